The van der Waals surface area contributed by atoms with E-state index in [9.17, 15) is 0 Å². The highest BCUT2D eigenvalue weighted by Crippen LogP contribution is 2.19. The Morgan fingerprint density at radius 2 is 2.07 bits per heavy atom. The maximum absolute atomic E-state index is 5.91. The Morgan fingerprint density at radius 1 is 1.21 bits per heavy atom. The van der Waals surface area contributed by atoms with Crippen LogP contribution >= 0.6 is 0 Å². The van der Waals surface area contributed by atoms with E-state index in [2.05, 4.69) is 17.3 Å². The lowest BCUT2D eigenvalue weighted by Gasteiger charge is -2.32. The number of likely N-dealkylation sites (N-methyl/N-ethyl adjacent to an activating group) is 1. The van der Waals surface area contributed by atoms with Crippen LogP contribution in [0.15, 0.2) is 0 Å². The average molecular weight is 197 g/mol. The normalized spacial score (nSPS) is 40.3. The minimum absolute atomic E-state index is 0.453. The molecule has 3 atom stereocenters. The Labute approximate surface area is 87.0 Å². The van der Waals surface area contributed by atoms with Gasteiger partial charge in [-0.1, -0.05) is 0 Å². The van der Waals surface area contributed by atoms with Gasteiger partial charge in [0.05, 0.1) is 0 Å². The van der Waals surface area contributed by atoms with E-state index in [-0.39, 0.29) is 0 Å². The van der Waals surface area contributed by atoms with Crippen LogP contribution in [0.3, 0.4) is 0 Å². The fraction of sp³-hybridized carbons (Fsp3) is 1.00. The van der Waals surface area contributed by atoms with Crippen molar-refractivity contribution in [3.8, 4) is 0 Å². The zero-order chi connectivity index (χ0) is 9.97. The molecule has 3 N–H and O–H groups in total. The van der Waals surface area contributed by atoms with Gasteiger partial charge in [0, 0.05) is 24.7 Å². The second kappa shape index (κ2) is 4.60. The molecule has 1 saturated heterocycles. The molecule has 0 aromatic rings. The van der Waals surface area contributed by atoms with Crippen LogP contribution in [0.1, 0.15) is 32.1 Å². The van der Waals surface area contributed by atoms with Crippen molar-refractivity contribution in [2.24, 2.45) is 5.73 Å². The third kappa shape index (κ3) is 2.69. The molecule has 1 heterocycles. The molecule has 0 bridgehead atoms. The lowest BCUT2D eigenvalue weighted by molar-refractivity contribution is 0.216. The van der Waals surface area contributed by atoms with Crippen molar-refractivity contribution in [1.82, 2.24) is 10.2 Å². The number of piperidine rings is 1. The fourth-order valence-corrected chi connectivity index (χ4v) is 2.80. The van der Waals surface area contributed by atoms with Crippen molar-refractivity contribution < 1.29 is 0 Å². The number of nitrogens with zero attached hydrogens (tertiary/aromatic N) is 1. The largest absolute Gasteiger partial charge is 0.328 e. The third-order valence-corrected chi connectivity index (χ3v) is 3.57. The van der Waals surface area contributed by atoms with E-state index in [1.807, 2.05) is 0 Å². The van der Waals surface area contributed by atoms with Crippen molar-refractivity contribution in [1.29, 1.82) is 0 Å². The second-order valence-electron chi connectivity index (χ2n) is 5.04. The Bertz CT molecular complexity index is 183. The zero-order valence-corrected chi connectivity index (χ0v) is 9.21. The number of hydrogen-bond acceptors (Lipinski definition) is 3. The van der Waals surface area contributed by atoms with Crippen LogP contribution in [-0.4, -0.2) is 43.2 Å². The zero-order valence-electron chi connectivity index (χ0n) is 9.21. The number of likely N-dealkylation sites (tertiary alicyclic amines) is 1. The molecule has 2 rings (SSSR count). The molecule has 3 heteroatoms. The fourth-order valence-electron chi connectivity index (χ4n) is 2.80. The van der Waals surface area contributed by atoms with Crippen molar-refractivity contribution in [2.75, 3.05) is 20.1 Å². The van der Waals surface area contributed by atoms with Gasteiger partial charge in [0.1, 0.15) is 0 Å². The first-order chi connectivity index (χ1) is 6.74. The summed E-state index contributed by atoms with van der Waals surface area (Å²) in [5.41, 5.74) is 5.91. The van der Waals surface area contributed by atoms with Gasteiger partial charge in [-0.3, -0.25) is 0 Å². The summed E-state index contributed by atoms with van der Waals surface area (Å²) in [6, 6.07) is 1.86. The van der Waals surface area contributed by atoms with Crippen LogP contribution in [0.4, 0.5) is 0 Å². The molecule has 0 radical (unpaired) electrons. The van der Waals surface area contributed by atoms with E-state index in [4.69, 9.17) is 5.73 Å². The molecule has 0 aromatic carbocycles. The standard InChI is InChI=1S/C11H23N3/c1-14-6-2-3-11(8-14)13-10-5-4-9(12)7-10/h9-11,13H,2-8,12H2,1H3. The first-order valence-corrected chi connectivity index (χ1v) is 5.94. The van der Waals surface area contributed by atoms with E-state index < -0.39 is 0 Å². The number of hydrogen-bond donors (Lipinski definition) is 2. The Hall–Kier alpha value is -0.120. The smallest absolute Gasteiger partial charge is 0.0197 e. The lowest BCUT2D eigenvalue weighted by Crippen LogP contribution is -2.47. The molecule has 1 aliphatic carbocycles. The van der Waals surface area contributed by atoms with Crippen LogP contribution in [-0.2, 0) is 0 Å². The van der Waals surface area contributed by atoms with Gasteiger partial charge in [0.15, 0.2) is 0 Å². The summed E-state index contributed by atoms with van der Waals surface area (Å²) in [7, 11) is 2.22. The highest BCUT2D eigenvalue weighted by molar-refractivity contribution is 4.87. The molecule has 2 aliphatic rings. The van der Waals surface area contributed by atoms with Crippen molar-refractivity contribution in [3.63, 3.8) is 0 Å². The van der Waals surface area contributed by atoms with Crippen molar-refractivity contribution >= 4 is 0 Å². The summed E-state index contributed by atoms with van der Waals surface area (Å²) in [6.45, 7) is 2.48. The second-order valence-corrected chi connectivity index (χ2v) is 5.04. The summed E-state index contributed by atoms with van der Waals surface area (Å²) >= 11 is 0. The van der Waals surface area contributed by atoms with Crippen LogP contribution in [0.25, 0.3) is 0 Å². The molecule has 2 fully saturated rings. The summed E-state index contributed by atoms with van der Waals surface area (Å²) < 4.78 is 0. The van der Waals surface area contributed by atoms with Crippen LogP contribution in [0.2, 0.25) is 0 Å². The van der Waals surface area contributed by atoms with Crippen LogP contribution in [0, 0.1) is 0 Å². The number of rotatable bonds is 2. The van der Waals surface area contributed by atoms with E-state index in [1.165, 1.54) is 45.2 Å². The molecule has 1 saturated carbocycles. The minimum atomic E-state index is 0.453. The van der Waals surface area contributed by atoms with Gasteiger partial charge in [0.25, 0.3) is 0 Å². The molecular formula is C11H23N3. The molecule has 3 unspecified atom stereocenters. The molecule has 3 nitrogen and oxygen atoms in total. The summed E-state index contributed by atoms with van der Waals surface area (Å²) in [5, 5.41) is 3.76. The van der Waals surface area contributed by atoms with Gasteiger partial charge in [-0.2, -0.15) is 0 Å². The summed E-state index contributed by atoms with van der Waals surface area (Å²) in [6.07, 6.45) is 6.35. The monoisotopic (exact) mass is 197 g/mol. The SMILES string of the molecule is CN1CCCC(NC2CCC(N)C2)C1. The maximum atomic E-state index is 5.91. The van der Waals surface area contributed by atoms with Crippen LogP contribution in [0.5, 0.6) is 0 Å². The topological polar surface area (TPSA) is 41.3 Å². The molecule has 0 amide bonds. The van der Waals surface area contributed by atoms with Gasteiger partial charge >= 0.3 is 0 Å². The number of nitrogens with one attached hydrogen (secondary N) is 1. The first-order valence-electron chi connectivity index (χ1n) is 5.94. The molecule has 14 heavy (non-hydrogen) atoms. The molecular weight excluding hydrogens is 174 g/mol. The van der Waals surface area contributed by atoms with Gasteiger partial charge in [0.2, 0.25) is 0 Å². The van der Waals surface area contributed by atoms with Crippen LogP contribution < -0.4 is 11.1 Å². The van der Waals surface area contributed by atoms with Gasteiger partial charge in [-0.05, 0) is 45.7 Å². The van der Waals surface area contributed by atoms with Gasteiger partial charge < -0.3 is 16.0 Å². The average Bonchev–Trinajstić information content (AvgIpc) is 2.51. The Morgan fingerprint density at radius 3 is 2.71 bits per heavy atom. The molecule has 0 aromatic heterocycles. The first kappa shape index (κ1) is 10.4. The number of nitrogens with two attached hydrogens (primary N) is 1. The Balaban J connectivity index is 1.74. The highest BCUT2D eigenvalue weighted by atomic mass is 15.1. The van der Waals surface area contributed by atoms with Crippen molar-refractivity contribution in [2.45, 2.75) is 50.2 Å². The molecule has 82 valence electrons. The highest BCUT2D eigenvalue weighted by Gasteiger charge is 2.25. The summed E-state index contributed by atoms with van der Waals surface area (Å²) in [5.74, 6) is 0. The van der Waals surface area contributed by atoms with Gasteiger partial charge in [-0.25, -0.2) is 0 Å². The predicted octanol–water partition coefficient (Wildman–Crippen LogP) is 0.550. The maximum Gasteiger partial charge on any atom is 0.0197 e. The quantitative estimate of drug-likeness (QED) is 0.679. The predicted molar refractivity (Wildman–Crippen MR) is 59.3 cm³/mol. The van der Waals surface area contributed by atoms with Crippen molar-refractivity contribution in [3.05, 3.63) is 0 Å². The van der Waals surface area contributed by atoms with E-state index in [1.54, 1.807) is 0 Å². The molecule has 0 spiro atoms. The Kier molecular flexibility index (Phi) is 3.42. The summed E-state index contributed by atoms with van der Waals surface area (Å²) in [4.78, 5) is 2.43. The molecule has 1 aliphatic heterocycles. The third-order valence-electron chi connectivity index (χ3n) is 3.57. The minimum Gasteiger partial charge on any atom is -0.328 e. The van der Waals surface area contributed by atoms with E-state index in [0.717, 1.165) is 0 Å². The van der Waals surface area contributed by atoms with E-state index >= 15 is 0 Å². The lowest BCUT2D eigenvalue weighted by atomic mass is 10.0. The van der Waals surface area contributed by atoms with E-state index in [0.29, 0.717) is 18.1 Å². The van der Waals surface area contributed by atoms with Gasteiger partial charge in [-0.15, -0.1) is 0 Å².